The van der Waals surface area contributed by atoms with Crippen molar-refractivity contribution in [2.75, 3.05) is 26.2 Å². The van der Waals surface area contributed by atoms with E-state index in [2.05, 4.69) is 26.3 Å². The normalized spacial score (nSPS) is 32.5. The minimum Gasteiger partial charge on any atom is -0.300 e. The number of nitrogens with zero attached hydrogens (tertiary/aromatic N) is 5. The average molecular weight is 234 g/mol. The van der Waals surface area contributed by atoms with Crippen LogP contribution in [0.3, 0.4) is 0 Å². The zero-order valence-corrected chi connectivity index (χ0v) is 9.97. The van der Waals surface area contributed by atoms with Gasteiger partial charge in [-0.25, -0.2) is 0 Å². The molecule has 2 fully saturated rings. The third-order valence-corrected chi connectivity index (χ3v) is 3.86. The Hall–Kier alpha value is -1.28. The molecule has 2 aliphatic heterocycles. The fourth-order valence-electron chi connectivity index (χ4n) is 2.95. The van der Waals surface area contributed by atoms with E-state index in [1.54, 1.807) is 0 Å². The summed E-state index contributed by atoms with van der Waals surface area (Å²) in [6, 6.07) is 3.00. The molecule has 0 aromatic heterocycles. The van der Waals surface area contributed by atoms with E-state index in [-0.39, 0.29) is 0 Å². The summed E-state index contributed by atoms with van der Waals surface area (Å²) in [5, 5.41) is 16.1. The molecule has 6 heteroatoms. The molecule has 2 rings (SSSR count). The van der Waals surface area contributed by atoms with Gasteiger partial charge in [0.05, 0.1) is 6.07 Å². The standard InChI is InChI=1S/C11H18N6/c12-9-11(14-4-5-15-16-13)3-7-17-6-1-2-10(17)8-11/h10,14H,1-8H2. The molecule has 2 unspecified atom stereocenters. The third-order valence-electron chi connectivity index (χ3n) is 3.86. The molecule has 2 heterocycles. The van der Waals surface area contributed by atoms with Crippen molar-refractivity contribution in [2.24, 2.45) is 5.11 Å². The Bertz CT molecular complexity index is 355. The van der Waals surface area contributed by atoms with Crippen LogP contribution < -0.4 is 5.32 Å². The van der Waals surface area contributed by atoms with Crippen LogP contribution in [-0.4, -0.2) is 42.7 Å². The summed E-state index contributed by atoms with van der Waals surface area (Å²) in [7, 11) is 0. The number of nitriles is 1. The van der Waals surface area contributed by atoms with Gasteiger partial charge >= 0.3 is 0 Å². The number of rotatable bonds is 4. The second-order valence-electron chi connectivity index (χ2n) is 4.86. The number of hydrogen-bond donors (Lipinski definition) is 1. The lowest BCUT2D eigenvalue weighted by Crippen LogP contribution is -2.55. The molecule has 6 nitrogen and oxygen atoms in total. The molecule has 0 radical (unpaired) electrons. The van der Waals surface area contributed by atoms with Gasteiger partial charge in [-0.05, 0) is 37.8 Å². The van der Waals surface area contributed by atoms with Crippen molar-refractivity contribution in [1.29, 1.82) is 5.26 Å². The minimum atomic E-state index is -0.406. The van der Waals surface area contributed by atoms with Crippen molar-refractivity contribution in [2.45, 2.75) is 37.3 Å². The minimum absolute atomic E-state index is 0.406. The largest absolute Gasteiger partial charge is 0.300 e. The second kappa shape index (κ2) is 5.37. The van der Waals surface area contributed by atoms with Gasteiger partial charge in [0.2, 0.25) is 0 Å². The average Bonchev–Trinajstić information content (AvgIpc) is 2.82. The van der Waals surface area contributed by atoms with E-state index >= 15 is 0 Å². The SMILES string of the molecule is N#CC1(NCCN=[N+]=[N-])CCN2CCCC2C1. The summed E-state index contributed by atoms with van der Waals surface area (Å²) in [5.74, 6) is 0. The topological polar surface area (TPSA) is 87.8 Å². The first-order chi connectivity index (χ1) is 8.29. The van der Waals surface area contributed by atoms with Crippen LogP contribution in [0.1, 0.15) is 25.7 Å². The number of nitrogens with one attached hydrogen (secondary N) is 1. The lowest BCUT2D eigenvalue weighted by Gasteiger charge is -2.40. The van der Waals surface area contributed by atoms with Crippen LogP contribution in [0.5, 0.6) is 0 Å². The molecule has 0 aromatic carbocycles. The van der Waals surface area contributed by atoms with E-state index in [9.17, 15) is 5.26 Å². The number of hydrogen-bond acceptors (Lipinski definition) is 4. The zero-order chi connectivity index (χ0) is 12.1. The maximum Gasteiger partial charge on any atom is 0.109 e. The highest BCUT2D eigenvalue weighted by molar-refractivity contribution is 5.12. The first-order valence-electron chi connectivity index (χ1n) is 6.21. The van der Waals surface area contributed by atoms with E-state index < -0.39 is 5.54 Å². The molecule has 0 aliphatic carbocycles. The monoisotopic (exact) mass is 234 g/mol. The summed E-state index contributed by atoms with van der Waals surface area (Å²) in [5.41, 5.74) is 7.80. The number of fused-ring (bicyclic) bond motifs is 1. The van der Waals surface area contributed by atoms with Gasteiger partial charge in [-0.3, -0.25) is 5.32 Å². The summed E-state index contributed by atoms with van der Waals surface area (Å²) in [6.07, 6.45) is 4.24. The Balaban J connectivity index is 1.91. The van der Waals surface area contributed by atoms with Crippen LogP contribution in [-0.2, 0) is 0 Å². The Morgan fingerprint density at radius 2 is 2.47 bits per heavy atom. The van der Waals surface area contributed by atoms with Crippen molar-refractivity contribution >= 4 is 0 Å². The predicted molar refractivity (Wildman–Crippen MR) is 64.2 cm³/mol. The van der Waals surface area contributed by atoms with E-state index in [0.29, 0.717) is 19.1 Å². The van der Waals surface area contributed by atoms with Gasteiger partial charge in [0, 0.05) is 30.6 Å². The Morgan fingerprint density at radius 1 is 1.59 bits per heavy atom. The summed E-state index contributed by atoms with van der Waals surface area (Å²) in [6.45, 7) is 3.19. The van der Waals surface area contributed by atoms with Gasteiger partial charge in [-0.2, -0.15) is 5.26 Å². The van der Waals surface area contributed by atoms with Gasteiger partial charge in [0.15, 0.2) is 0 Å². The molecular weight excluding hydrogens is 216 g/mol. The molecule has 0 saturated carbocycles. The quantitative estimate of drug-likeness (QED) is 0.345. The molecule has 2 aliphatic rings. The molecule has 2 saturated heterocycles. The molecule has 17 heavy (non-hydrogen) atoms. The van der Waals surface area contributed by atoms with Gasteiger partial charge in [-0.1, -0.05) is 5.11 Å². The van der Waals surface area contributed by atoms with E-state index in [1.807, 2.05) is 0 Å². The maximum atomic E-state index is 9.38. The highest BCUT2D eigenvalue weighted by atomic mass is 15.2. The number of piperidine rings is 1. The van der Waals surface area contributed by atoms with E-state index in [4.69, 9.17) is 5.53 Å². The Morgan fingerprint density at radius 3 is 3.24 bits per heavy atom. The Kier molecular flexibility index (Phi) is 3.85. The fraction of sp³-hybridized carbons (Fsp3) is 0.909. The van der Waals surface area contributed by atoms with Gasteiger partial charge in [0.1, 0.15) is 5.54 Å². The number of azide groups is 1. The molecule has 0 bridgehead atoms. The van der Waals surface area contributed by atoms with Crippen molar-refractivity contribution in [3.63, 3.8) is 0 Å². The van der Waals surface area contributed by atoms with Crippen LogP contribution in [0.15, 0.2) is 5.11 Å². The van der Waals surface area contributed by atoms with Crippen LogP contribution in [0.4, 0.5) is 0 Å². The highest BCUT2D eigenvalue weighted by Gasteiger charge is 2.41. The molecule has 1 N–H and O–H groups in total. The molecule has 0 amide bonds. The maximum absolute atomic E-state index is 9.38. The fourth-order valence-corrected chi connectivity index (χ4v) is 2.95. The third kappa shape index (κ3) is 2.70. The molecule has 92 valence electrons. The first kappa shape index (κ1) is 12.2. The molecule has 0 spiro atoms. The van der Waals surface area contributed by atoms with Crippen molar-refractivity contribution in [3.05, 3.63) is 10.4 Å². The summed E-state index contributed by atoms with van der Waals surface area (Å²) < 4.78 is 0. The van der Waals surface area contributed by atoms with Crippen molar-refractivity contribution in [3.8, 4) is 6.07 Å². The van der Waals surface area contributed by atoms with Crippen molar-refractivity contribution in [1.82, 2.24) is 10.2 Å². The zero-order valence-electron chi connectivity index (χ0n) is 9.97. The smallest absolute Gasteiger partial charge is 0.109 e. The molecular formula is C11H18N6. The lowest BCUT2D eigenvalue weighted by molar-refractivity contribution is 0.137. The predicted octanol–water partition coefficient (Wildman–Crippen LogP) is 1.41. The highest BCUT2D eigenvalue weighted by Crippen LogP contribution is 2.32. The van der Waals surface area contributed by atoms with Crippen molar-refractivity contribution < 1.29 is 0 Å². The Labute approximate surface area is 101 Å². The summed E-state index contributed by atoms with van der Waals surface area (Å²) in [4.78, 5) is 5.20. The van der Waals surface area contributed by atoms with Crippen LogP contribution in [0, 0.1) is 11.3 Å². The first-order valence-corrected chi connectivity index (χ1v) is 6.21. The van der Waals surface area contributed by atoms with E-state index in [0.717, 1.165) is 19.4 Å². The van der Waals surface area contributed by atoms with Crippen LogP contribution >= 0.6 is 0 Å². The van der Waals surface area contributed by atoms with Gasteiger partial charge in [0.25, 0.3) is 0 Å². The van der Waals surface area contributed by atoms with Gasteiger partial charge < -0.3 is 4.90 Å². The second-order valence-corrected chi connectivity index (χ2v) is 4.86. The molecule has 2 atom stereocenters. The molecule has 0 aromatic rings. The lowest BCUT2D eigenvalue weighted by atomic mass is 9.84. The van der Waals surface area contributed by atoms with Crippen LogP contribution in [0.2, 0.25) is 0 Å². The van der Waals surface area contributed by atoms with Gasteiger partial charge in [-0.15, -0.1) is 0 Å². The van der Waals surface area contributed by atoms with E-state index in [1.165, 1.54) is 19.4 Å². The summed E-state index contributed by atoms with van der Waals surface area (Å²) >= 11 is 0. The van der Waals surface area contributed by atoms with Crippen LogP contribution in [0.25, 0.3) is 10.4 Å².